The molecular formula is C18H20O3. The van der Waals surface area contributed by atoms with Crippen molar-refractivity contribution in [2.75, 3.05) is 7.11 Å². The average molecular weight is 284 g/mol. The van der Waals surface area contributed by atoms with Crippen LogP contribution in [0.5, 0.6) is 5.75 Å². The first kappa shape index (κ1) is 15.1. The second kappa shape index (κ2) is 6.44. The van der Waals surface area contributed by atoms with E-state index in [1.165, 1.54) is 5.56 Å². The predicted octanol–water partition coefficient (Wildman–Crippen LogP) is 3.72. The molecule has 1 atom stereocenters. The molecule has 0 aliphatic rings. The Morgan fingerprint density at radius 3 is 2.52 bits per heavy atom. The van der Waals surface area contributed by atoms with E-state index in [2.05, 4.69) is 0 Å². The van der Waals surface area contributed by atoms with Crippen LogP contribution in [-0.4, -0.2) is 18.2 Å². The number of methoxy groups -OCH3 is 1. The van der Waals surface area contributed by atoms with Crippen molar-refractivity contribution in [1.82, 2.24) is 0 Å². The van der Waals surface area contributed by atoms with Gasteiger partial charge in [-0.05, 0) is 54.7 Å². The van der Waals surface area contributed by atoms with Crippen LogP contribution in [0.15, 0.2) is 42.5 Å². The molecule has 0 heterocycles. The Kier molecular flexibility index (Phi) is 4.63. The number of rotatable bonds is 5. The number of aryl methyl sites for hydroxylation is 2. The molecule has 1 unspecified atom stereocenters. The number of ether oxygens (including phenoxy) is 1. The van der Waals surface area contributed by atoms with Gasteiger partial charge in [-0.1, -0.05) is 30.3 Å². The zero-order valence-corrected chi connectivity index (χ0v) is 12.6. The molecule has 0 radical (unpaired) electrons. The van der Waals surface area contributed by atoms with E-state index >= 15 is 0 Å². The molecule has 2 aromatic rings. The number of carbonyl (C=O) groups is 1. The Labute approximate surface area is 125 Å². The highest BCUT2D eigenvalue weighted by atomic mass is 16.5. The van der Waals surface area contributed by atoms with Crippen LogP contribution in [0.4, 0.5) is 0 Å². The molecule has 0 bridgehead atoms. The van der Waals surface area contributed by atoms with Gasteiger partial charge in [0.1, 0.15) is 5.75 Å². The largest absolute Gasteiger partial charge is 0.497 e. The molecule has 2 aromatic carbocycles. The van der Waals surface area contributed by atoms with Crippen LogP contribution in [0, 0.1) is 13.8 Å². The molecule has 0 aliphatic heterocycles. The number of aliphatic carboxylic acids is 1. The summed E-state index contributed by atoms with van der Waals surface area (Å²) < 4.78 is 5.19. The minimum Gasteiger partial charge on any atom is -0.497 e. The molecule has 2 rings (SSSR count). The van der Waals surface area contributed by atoms with Gasteiger partial charge < -0.3 is 9.84 Å². The zero-order chi connectivity index (χ0) is 15.4. The van der Waals surface area contributed by atoms with Crippen LogP contribution in [0.2, 0.25) is 0 Å². The van der Waals surface area contributed by atoms with Crippen molar-refractivity contribution >= 4 is 5.97 Å². The third-order valence-corrected chi connectivity index (χ3v) is 3.81. The molecule has 1 N–H and O–H groups in total. The summed E-state index contributed by atoms with van der Waals surface area (Å²) in [6.07, 6.45) is 0.453. The Balaban J connectivity index is 2.30. The standard InChI is InChI=1S/C18H20O3/c1-12-7-8-15(9-13(12)2)17(18(19)20)11-14-5-4-6-16(10-14)21-3/h4-10,17H,11H2,1-3H3,(H,19,20). The van der Waals surface area contributed by atoms with E-state index in [9.17, 15) is 9.90 Å². The first-order valence-corrected chi connectivity index (χ1v) is 6.94. The molecule has 3 heteroatoms. The van der Waals surface area contributed by atoms with Gasteiger partial charge in [0.15, 0.2) is 0 Å². The Hall–Kier alpha value is -2.29. The van der Waals surface area contributed by atoms with Gasteiger partial charge in [-0.15, -0.1) is 0 Å². The molecule has 0 saturated heterocycles. The Morgan fingerprint density at radius 2 is 1.90 bits per heavy atom. The monoisotopic (exact) mass is 284 g/mol. The summed E-state index contributed by atoms with van der Waals surface area (Å²) in [6.45, 7) is 4.03. The van der Waals surface area contributed by atoms with Crippen molar-refractivity contribution in [2.45, 2.75) is 26.2 Å². The summed E-state index contributed by atoms with van der Waals surface area (Å²) in [5.41, 5.74) is 4.09. The normalized spacial score (nSPS) is 12.0. The Morgan fingerprint density at radius 1 is 1.14 bits per heavy atom. The van der Waals surface area contributed by atoms with Crippen molar-refractivity contribution < 1.29 is 14.6 Å². The van der Waals surface area contributed by atoms with E-state index in [1.54, 1.807) is 7.11 Å². The van der Waals surface area contributed by atoms with Gasteiger partial charge in [0, 0.05) is 0 Å². The molecule has 0 saturated carbocycles. The van der Waals surface area contributed by atoms with Crippen LogP contribution in [0.25, 0.3) is 0 Å². The van der Waals surface area contributed by atoms with E-state index in [0.29, 0.717) is 6.42 Å². The van der Waals surface area contributed by atoms with Crippen LogP contribution < -0.4 is 4.74 Å². The van der Waals surface area contributed by atoms with Crippen LogP contribution >= 0.6 is 0 Å². The molecule has 0 aromatic heterocycles. The van der Waals surface area contributed by atoms with Gasteiger partial charge in [0.2, 0.25) is 0 Å². The highest BCUT2D eigenvalue weighted by Gasteiger charge is 2.21. The van der Waals surface area contributed by atoms with E-state index in [4.69, 9.17) is 4.74 Å². The van der Waals surface area contributed by atoms with Crippen molar-refractivity contribution in [3.05, 3.63) is 64.7 Å². The molecule has 21 heavy (non-hydrogen) atoms. The fourth-order valence-corrected chi connectivity index (χ4v) is 2.36. The maximum Gasteiger partial charge on any atom is 0.311 e. The van der Waals surface area contributed by atoms with E-state index < -0.39 is 11.9 Å². The molecule has 0 spiro atoms. The zero-order valence-electron chi connectivity index (χ0n) is 12.6. The van der Waals surface area contributed by atoms with Crippen molar-refractivity contribution in [3.63, 3.8) is 0 Å². The fourth-order valence-electron chi connectivity index (χ4n) is 2.36. The highest BCUT2D eigenvalue weighted by Crippen LogP contribution is 2.25. The van der Waals surface area contributed by atoms with E-state index in [-0.39, 0.29) is 0 Å². The second-order valence-electron chi connectivity index (χ2n) is 5.29. The van der Waals surface area contributed by atoms with Gasteiger partial charge >= 0.3 is 5.97 Å². The number of carboxylic acids is 1. The minimum absolute atomic E-state index is 0.453. The van der Waals surface area contributed by atoms with Gasteiger partial charge in [-0.2, -0.15) is 0 Å². The topological polar surface area (TPSA) is 46.5 Å². The van der Waals surface area contributed by atoms with E-state index in [0.717, 1.165) is 22.4 Å². The minimum atomic E-state index is -0.805. The summed E-state index contributed by atoms with van der Waals surface area (Å²) in [6, 6.07) is 13.4. The van der Waals surface area contributed by atoms with Crippen LogP contribution in [-0.2, 0) is 11.2 Å². The van der Waals surface area contributed by atoms with E-state index in [1.807, 2.05) is 56.3 Å². The Bertz CT molecular complexity index is 647. The molecule has 110 valence electrons. The second-order valence-corrected chi connectivity index (χ2v) is 5.29. The lowest BCUT2D eigenvalue weighted by Crippen LogP contribution is -2.14. The number of hydrogen-bond donors (Lipinski definition) is 1. The van der Waals surface area contributed by atoms with Gasteiger partial charge in [-0.3, -0.25) is 4.79 Å². The molecular weight excluding hydrogens is 264 g/mol. The van der Waals surface area contributed by atoms with Gasteiger partial charge in [0.25, 0.3) is 0 Å². The molecule has 0 amide bonds. The highest BCUT2D eigenvalue weighted by molar-refractivity contribution is 5.76. The number of hydrogen-bond acceptors (Lipinski definition) is 2. The summed E-state index contributed by atoms with van der Waals surface area (Å²) in [5.74, 6) is -0.603. The molecule has 0 fully saturated rings. The van der Waals surface area contributed by atoms with Gasteiger partial charge in [0.05, 0.1) is 13.0 Å². The third kappa shape index (κ3) is 3.63. The molecule has 0 aliphatic carbocycles. The lowest BCUT2D eigenvalue weighted by Gasteiger charge is -2.15. The van der Waals surface area contributed by atoms with Crippen LogP contribution in [0.1, 0.15) is 28.2 Å². The van der Waals surface area contributed by atoms with Gasteiger partial charge in [-0.25, -0.2) is 0 Å². The summed E-state index contributed by atoms with van der Waals surface area (Å²) in [7, 11) is 1.61. The first-order valence-electron chi connectivity index (χ1n) is 6.94. The summed E-state index contributed by atoms with van der Waals surface area (Å²) in [5, 5.41) is 9.54. The first-order chi connectivity index (χ1) is 10.0. The molecule has 3 nitrogen and oxygen atoms in total. The predicted molar refractivity (Wildman–Crippen MR) is 83.0 cm³/mol. The SMILES string of the molecule is COc1cccc(CC(C(=O)O)c2ccc(C)c(C)c2)c1. The van der Waals surface area contributed by atoms with Crippen molar-refractivity contribution in [2.24, 2.45) is 0 Å². The lowest BCUT2D eigenvalue weighted by atomic mass is 9.90. The number of carboxylic acid groups (broad SMARTS) is 1. The van der Waals surface area contributed by atoms with Crippen molar-refractivity contribution in [3.8, 4) is 5.75 Å². The summed E-state index contributed by atoms with van der Waals surface area (Å²) in [4.78, 5) is 11.6. The lowest BCUT2D eigenvalue weighted by molar-refractivity contribution is -0.138. The van der Waals surface area contributed by atoms with Crippen LogP contribution in [0.3, 0.4) is 0 Å². The maximum absolute atomic E-state index is 11.6. The summed E-state index contributed by atoms with van der Waals surface area (Å²) >= 11 is 0. The average Bonchev–Trinajstić information content (AvgIpc) is 2.47. The third-order valence-electron chi connectivity index (χ3n) is 3.81. The fraction of sp³-hybridized carbons (Fsp3) is 0.278. The van der Waals surface area contributed by atoms with Crippen molar-refractivity contribution in [1.29, 1.82) is 0 Å². The maximum atomic E-state index is 11.6. The smallest absolute Gasteiger partial charge is 0.311 e. The number of benzene rings is 2. The quantitative estimate of drug-likeness (QED) is 0.910.